The third kappa shape index (κ3) is 1.78. The number of fused-ring (bicyclic) bond motifs is 1. The van der Waals surface area contributed by atoms with Crippen LogP contribution in [0.15, 0.2) is 24.4 Å². The Kier molecular flexibility index (Phi) is 2.97. The molecule has 3 rings (SSSR count). The predicted molar refractivity (Wildman–Crippen MR) is 71.0 cm³/mol. The summed E-state index contributed by atoms with van der Waals surface area (Å²) in [5.41, 5.74) is 2.36. The van der Waals surface area contributed by atoms with Crippen molar-refractivity contribution in [1.29, 1.82) is 0 Å². The second kappa shape index (κ2) is 4.63. The van der Waals surface area contributed by atoms with E-state index in [-0.39, 0.29) is 6.10 Å². The van der Waals surface area contributed by atoms with Gasteiger partial charge in [0, 0.05) is 42.8 Å². The molecule has 1 atom stereocenters. The van der Waals surface area contributed by atoms with Crippen LogP contribution >= 0.6 is 0 Å². The number of aryl methyl sites for hydroxylation is 1. The van der Waals surface area contributed by atoms with Crippen LogP contribution < -0.4 is 10.1 Å². The van der Waals surface area contributed by atoms with Gasteiger partial charge >= 0.3 is 0 Å². The van der Waals surface area contributed by atoms with Crippen molar-refractivity contribution in [3.63, 3.8) is 0 Å². The van der Waals surface area contributed by atoms with Gasteiger partial charge in [0.25, 0.3) is 0 Å². The second-order valence-electron chi connectivity index (χ2n) is 4.60. The van der Waals surface area contributed by atoms with Gasteiger partial charge in [-0.15, -0.1) is 0 Å². The fourth-order valence-corrected chi connectivity index (χ4v) is 2.62. The highest BCUT2D eigenvalue weighted by Crippen LogP contribution is 2.35. The Morgan fingerprint density at radius 2 is 2.28 bits per heavy atom. The van der Waals surface area contributed by atoms with E-state index in [1.165, 1.54) is 10.9 Å². The molecular formula is C14H18N2O2. The molecule has 0 bridgehead atoms. The van der Waals surface area contributed by atoms with Crippen LogP contribution in [0.1, 0.15) is 11.7 Å². The molecule has 2 heterocycles. The van der Waals surface area contributed by atoms with E-state index in [9.17, 15) is 0 Å². The molecule has 2 aromatic rings. The molecule has 18 heavy (non-hydrogen) atoms. The Labute approximate surface area is 106 Å². The fraction of sp³-hybridized carbons (Fsp3) is 0.429. The van der Waals surface area contributed by atoms with Crippen LogP contribution in [0.3, 0.4) is 0 Å². The van der Waals surface area contributed by atoms with Crippen molar-refractivity contribution < 1.29 is 9.47 Å². The summed E-state index contributed by atoms with van der Waals surface area (Å²) in [6.45, 7) is 2.50. The van der Waals surface area contributed by atoms with Crippen LogP contribution in [0.25, 0.3) is 10.9 Å². The van der Waals surface area contributed by atoms with E-state index >= 15 is 0 Å². The number of rotatable bonds is 2. The maximum Gasteiger partial charge on any atom is 0.125 e. The van der Waals surface area contributed by atoms with E-state index in [0.717, 1.165) is 31.0 Å². The summed E-state index contributed by atoms with van der Waals surface area (Å²) in [5, 5.41) is 4.58. The number of aromatic nitrogens is 1. The van der Waals surface area contributed by atoms with Gasteiger partial charge in [0.15, 0.2) is 0 Å². The van der Waals surface area contributed by atoms with Gasteiger partial charge in [-0.05, 0) is 18.2 Å². The van der Waals surface area contributed by atoms with Crippen LogP contribution in [-0.4, -0.2) is 31.4 Å². The minimum Gasteiger partial charge on any atom is -0.496 e. The highest BCUT2D eigenvalue weighted by atomic mass is 16.5. The van der Waals surface area contributed by atoms with E-state index in [1.54, 1.807) is 7.11 Å². The minimum atomic E-state index is 0.0693. The van der Waals surface area contributed by atoms with Crippen LogP contribution in [0.5, 0.6) is 5.75 Å². The molecular weight excluding hydrogens is 228 g/mol. The van der Waals surface area contributed by atoms with E-state index in [4.69, 9.17) is 9.47 Å². The molecule has 1 fully saturated rings. The summed E-state index contributed by atoms with van der Waals surface area (Å²) in [6.07, 6.45) is 2.14. The average molecular weight is 246 g/mol. The van der Waals surface area contributed by atoms with Gasteiger partial charge in [-0.1, -0.05) is 0 Å². The summed E-state index contributed by atoms with van der Waals surface area (Å²) in [4.78, 5) is 0. The molecule has 1 aromatic heterocycles. The van der Waals surface area contributed by atoms with Crippen LogP contribution in [0.2, 0.25) is 0 Å². The maximum absolute atomic E-state index is 5.87. The first-order chi connectivity index (χ1) is 8.81. The van der Waals surface area contributed by atoms with Crippen molar-refractivity contribution in [1.82, 2.24) is 9.88 Å². The first-order valence-electron chi connectivity index (χ1n) is 6.25. The Hall–Kier alpha value is -1.52. The number of hydrogen-bond donors (Lipinski definition) is 1. The Morgan fingerprint density at radius 1 is 1.39 bits per heavy atom. The molecule has 1 N–H and O–H groups in total. The lowest BCUT2D eigenvalue weighted by Gasteiger charge is -2.26. The molecule has 1 unspecified atom stereocenters. The third-order valence-electron chi connectivity index (χ3n) is 3.54. The van der Waals surface area contributed by atoms with Crippen molar-refractivity contribution in [3.8, 4) is 5.75 Å². The molecule has 96 valence electrons. The molecule has 0 radical (unpaired) electrons. The molecule has 1 aliphatic rings. The molecule has 4 heteroatoms. The lowest BCUT2D eigenvalue weighted by Crippen LogP contribution is -2.33. The molecule has 1 aromatic carbocycles. The van der Waals surface area contributed by atoms with E-state index in [1.807, 2.05) is 6.07 Å². The molecule has 0 spiro atoms. The Morgan fingerprint density at radius 3 is 3.00 bits per heavy atom. The normalized spacial score (nSPS) is 20.2. The van der Waals surface area contributed by atoms with Crippen molar-refractivity contribution in [3.05, 3.63) is 30.0 Å². The Bertz CT molecular complexity index is 556. The van der Waals surface area contributed by atoms with E-state index < -0.39 is 0 Å². The van der Waals surface area contributed by atoms with Crippen LogP contribution in [0.4, 0.5) is 0 Å². The first-order valence-corrected chi connectivity index (χ1v) is 6.25. The minimum absolute atomic E-state index is 0.0693. The number of hydrogen-bond acceptors (Lipinski definition) is 3. The topological polar surface area (TPSA) is 35.4 Å². The van der Waals surface area contributed by atoms with E-state index in [0.29, 0.717) is 0 Å². The molecule has 0 amide bonds. The molecule has 4 nitrogen and oxygen atoms in total. The summed E-state index contributed by atoms with van der Waals surface area (Å²) in [5.74, 6) is 0.905. The molecule has 1 saturated heterocycles. The number of ether oxygens (including phenoxy) is 2. The smallest absolute Gasteiger partial charge is 0.125 e. The zero-order valence-corrected chi connectivity index (χ0v) is 10.8. The standard InChI is InChI=1S/C14H18N2O2/c1-16-7-5-10-11(16)3-4-12(17-2)14(10)13-9-15-6-8-18-13/h3-5,7,13,15H,6,8-9H2,1-2H3. The molecule has 1 aliphatic heterocycles. The number of nitrogens with one attached hydrogen (secondary N) is 1. The zero-order valence-electron chi connectivity index (χ0n) is 10.8. The highest BCUT2D eigenvalue weighted by molar-refractivity contribution is 5.86. The van der Waals surface area contributed by atoms with Crippen molar-refractivity contribution in [2.45, 2.75) is 6.10 Å². The lowest BCUT2D eigenvalue weighted by molar-refractivity contribution is 0.0272. The first kappa shape index (κ1) is 11.6. The third-order valence-corrected chi connectivity index (χ3v) is 3.54. The summed E-state index contributed by atoms with van der Waals surface area (Å²) < 4.78 is 13.5. The summed E-state index contributed by atoms with van der Waals surface area (Å²) >= 11 is 0. The van der Waals surface area contributed by atoms with Gasteiger partial charge in [0.2, 0.25) is 0 Å². The van der Waals surface area contributed by atoms with Gasteiger partial charge < -0.3 is 19.4 Å². The average Bonchev–Trinajstić information content (AvgIpc) is 2.80. The van der Waals surface area contributed by atoms with Gasteiger partial charge in [0.1, 0.15) is 5.75 Å². The monoisotopic (exact) mass is 246 g/mol. The number of nitrogens with zero attached hydrogens (tertiary/aromatic N) is 1. The number of morpholine rings is 1. The van der Waals surface area contributed by atoms with Gasteiger partial charge in [-0.3, -0.25) is 0 Å². The van der Waals surface area contributed by atoms with Crippen LogP contribution in [-0.2, 0) is 11.8 Å². The highest BCUT2D eigenvalue weighted by Gasteiger charge is 2.22. The van der Waals surface area contributed by atoms with Crippen molar-refractivity contribution in [2.24, 2.45) is 7.05 Å². The SMILES string of the molecule is COc1ccc2c(ccn2C)c1C1CNCCO1. The summed E-state index contributed by atoms with van der Waals surface area (Å²) in [7, 11) is 3.77. The van der Waals surface area contributed by atoms with Crippen LogP contribution in [0, 0.1) is 0 Å². The fourth-order valence-electron chi connectivity index (χ4n) is 2.62. The zero-order chi connectivity index (χ0) is 12.5. The van der Waals surface area contributed by atoms with Gasteiger partial charge in [0.05, 0.1) is 19.8 Å². The van der Waals surface area contributed by atoms with Gasteiger partial charge in [-0.2, -0.15) is 0 Å². The maximum atomic E-state index is 5.87. The second-order valence-corrected chi connectivity index (χ2v) is 4.60. The van der Waals surface area contributed by atoms with E-state index in [2.05, 4.69) is 35.3 Å². The largest absolute Gasteiger partial charge is 0.496 e. The van der Waals surface area contributed by atoms with Gasteiger partial charge in [-0.25, -0.2) is 0 Å². The van der Waals surface area contributed by atoms with Crippen molar-refractivity contribution >= 4 is 10.9 Å². The predicted octanol–water partition coefficient (Wildman–Crippen LogP) is 1.85. The molecule has 0 aliphatic carbocycles. The Balaban J connectivity index is 2.16. The number of benzene rings is 1. The quantitative estimate of drug-likeness (QED) is 0.878. The molecule has 0 saturated carbocycles. The number of methoxy groups -OCH3 is 1. The lowest BCUT2D eigenvalue weighted by atomic mass is 10.0. The summed E-state index contributed by atoms with van der Waals surface area (Å²) in [6, 6.07) is 6.24. The van der Waals surface area contributed by atoms with Crippen molar-refractivity contribution in [2.75, 3.05) is 26.8 Å².